The van der Waals surface area contributed by atoms with E-state index in [-0.39, 0.29) is 11.1 Å². The standard InChI is InChI=1S/C12H17ClN2O3S/c1-2-11-9-18-6-5-15(11)19(16,17)12-4-3-10(7-13)8-14-12/h3-4,8,11H,2,5-7,9H2,1H3. The van der Waals surface area contributed by atoms with Crippen LogP contribution in [0, 0.1) is 0 Å². The summed E-state index contributed by atoms with van der Waals surface area (Å²) in [6.45, 7) is 3.19. The minimum Gasteiger partial charge on any atom is -0.378 e. The summed E-state index contributed by atoms with van der Waals surface area (Å²) in [7, 11) is -3.55. The van der Waals surface area contributed by atoms with Gasteiger partial charge < -0.3 is 4.74 Å². The minimum atomic E-state index is -3.55. The second-order valence-electron chi connectivity index (χ2n) is 4.39. The quantitative estimate of drug-likeness (QED) is 0.793. The van der Waals surface area contributed by atoms with E-state index in [4.69, 9.17) is 16.3 Å². The maximum atomic E-state index is 12.5. The van der Waals surface area contributed by atoms with Crippen molar-refractivity contribution in [3.63, 3.8) is 0 Å². The molecule has 1 aromatic rings. The van der Waals surface area contributed by atoms with Crippen LogP contribution in [0.4, 0.5) is 0 Å². The Morgan fingerprint density at radius 1 is 1.53 bits per heavy atom. The van der Waals surface area contributed by atoms with Crippen molar-refractivity contribution < 1.29 is 13.2 Å². The van der Waals surface area contributed by atoms with Crippen molar-refractivity contribution in [2.75, 3.05) is 19.8 Å². The highest BCUT2D eigenvalue weighted by molar-refractivity contribution is 7.89. The van der Waals surface area contributed by atoms with Gasteiger partial charge in [0.25, 0.3) is 10.0 Å². The Morgan fingerprint density at radius 3 is 2.89 bits per heavy atom. The van der Waals surface area contributed by atoms with E-state index in [9.17, 15) is 8.42 Å². The summed E-state index contributed by atoms with van der Waals surface area (Å²) in [4.78, 5) is 4.01. The van der Waals surface area contributed by atoms with Gasteiger partial charge in [0.15, 0.2) is 5.03 Å². The summed E-state index contributed by atoms with van der Waals surface area (Å²) in [5.74, 6) is 0.322. The van der Waals surface area contributed by atoms with E-state index in [2.05, 4.69) is 4.98 Å². The third-order valence-corrected chi connectivity index (χ3v) is 5.35. The van der Waals surface area contributed by atoms with Crippen molar-refractivity contribution in [1.82, 2.24) is 9.29 Å². The van der Waals surface area contributed by atoms with Crippen molar-refractivity contribution in [1.29, 1.82) is 0 Å². The van der Waals surface area contributed by atoms with Gasteiger partial charge in [0.05, 0.1) is 13.2 Å². The van der Waals surface area contributed by atoms with Gasteiger partial charge in [0.1, 0.15) is 0 Å². The molecule has 0 amide bonds. The number of alkyl halides is 1. The molecule has 1 aliphatic rings. The number of ether oxygens (including phenoxy) is 1. The van der Waals surface area contributed by atoms with Gasteiger partial charge >= 0.3 is 0 Å². The van der Waals surface area contributed by atoms with Crippen molar-refractivity contribution in [3.05, 3.63) is 23.9 Å². The number of hydrogen-bond acceptors (Lipinski definition) is 4. The summed E-state index contributed by atoms with van der Waals surface area (Å²) in [5, 5.41) is 0.0710. The summed E-state index contributed by atoms with van der Waals surface area (Å²) in [6, 6.07) is 3.08. The van der Waals surface area contributed by atoms with Crippen LogP contribution in [0.25, 0.3) is 0 Å². The highest BCUT2D eigenvalue weighted by Gasteiger charge is 2.33. The molecule has 0 aromatic carbocycles. The molecule has 0 radical (unpaired) electrons. The van der Waals surface area contributed by atoms with Crippen LogP contribution in [0.3, 0.4) is 0 Å². The van der Waals surface area contributed by atoms with E-state index < -0.39 is 10.0 Å². The molecule has 0 bridgehead atoms. The second-order valence-corrected chi connectivity index (χ2v) is 6.50. The van der Waals surface area contributed by atoms with Crippen LogP contribution in [0.1, 0.15) is 18.9 Å². The Hall–Kier alpha value is -0.690. The minimum absolute atomic E-state index is 0.0710. The first-order valence-electron chi connectivity index (χ1n) is 6.20. The van der Waals surface area contributed by atoms with E-state index in [1.165, 1.54) is 16.6 Å². The van der Waals surface area contributed by atoms with E-state index in [0.717, 1.165) is 12.0 Å². The molecule has 2 heterocycles. The van der Waals surface area contributed by atoms with Crippen LogP contribution in [0.15, 0.2) is 23.4 Å². The molecule has 2 rings (SSSR count). The van der Waals surface area contributed by atoms with Crippen LogP contribution < -0.4 is 0 Å². The zero-order valence-corrected chi connectivity index (χ0v) is 12.3. The second kappa shape index (κ2) is 6.17. The smallest absolute Gasteiger partial charge is 0.260 e. The number of sulfonamides is 1. The fourth-order valence-electron chi connectivity index (χ4n) is 2.04. The van der Waals surface area contributed by atoms with Crippen LogP contribution >= 0.6 is 11.6 Å². The van der Waals surface area contributed by atoms with Crippen LogP contribution in [0.2, 0.25) is 0 Å². The zero-order valence-electron chi connectivity index (χ0n) is 10.8. The van der Waals surface area contributed by atoms with E-state index in [0.29, 0.717) is 25.6 Å². The Morgan fingerprint density at radius 2 is 2.32 bits per heavy atom. The Balaban J connectivity index is 2.29. The summed E-state index contributed by atoms with van der Waals surface area (Å²) < 4.78 is 31.9. The molecule has 1 aliphatic heterocycles. The molecule has 1 aromatic heterocycles. The highest BCUT2D eigenvalue weighted by Crippen LogP contribution is 2.21. The van der Waals surface area contributed by atoms with Crippen molar-refractivity contribution >= 4 is 21.6 Å². The number of rotatable bonds is 4. The number of aromatic nitrogens is 1. The molecule has 0 N–H and O–H groups in total. The van der Waals surface area contributed by atoms with Crippen molar-refractivity contribution in [2.24, 2.45) is 0 Å². The average molecular weight is 305 g/mol. The zero-order chi connectivity index (χ0) is 13.9. The lowest BCUT2D eigenvalue weighted by atomic mass is 10.2. The van der Waals surface area contributed by atoms with E-state index in [1.54, 1.807) is 6.07 Å². The largest absolute Gasteiger partial charge is 0.378 e. The third kappa shape index (κ3) is 3.08. The monoisotopic (exact) mass is 304 g/mol. The molecule has 1 saturated heterocycles. The Kier molecular flexibility index (Phi) is 4.78. The molecule has 1 fully saturated rings. The lowest BCUT2D eigenvalue weighted by molar-refractivity contribution is 0.0313. The van der Waals surface area contributed by atoms with Crippen LogP contribution in [0.5, 0.6) is 0 Å². The SMILES string of the molecule is CCC1COCCN1S(=O)(=O)c1ccc(CCl)cn1. The van der Waals surface area contributed by atoms with Gasteiger partial charge in [-0.3, -0.25) is 0 Å². The molecule has 106 valence electrons. The Labute approximate surface area is 118 Å². The lowest BCUT2D eigenvalue weighted by Crippen LogP contribution is -2.48. The van der Waals surface area contributed by atoms with Gasteiger partial charge in [-0.25, -0.2) is 13.4 Å². The predicted molar refractivity (Wildman–Crippen MR) is 72.6 cm³/mol. The summed E-state index contributed by atoms with van der Waals surface area (Å²) in [6.07, 6.45) is 2.22. The number of nitrogens with zero attached hydrogens (tertiary/aromatic N) is 2. The molecule has 19 heavy (non-hydrogen) atoms. The molecule has 7 heteroatoms. The van der Waals surface area contributed by atoms with Gasteiger partial charge in [-0.2, -0.15) is 4.31 Å². The third-order valence-electron chi connectivity index (χ3n) is 3.17. The summed E-state index contributed by atoms with van der Waals surface area (Å²) in [5.41, 5.74) is 0.801. The molecule has 5 nitrogen and oxygen atoms in total. The molecule has 0 saturated carbocycles. The molecule has 1 unspecified atom stereocenters. The van der Waals surface area contributed by atoms with Crippen LogP contribution in [-0.4, -0.2) is 43.5 Å². The molecule has 1 atom stereocenters. The van der Waals surface area contributed by atoms with Gasteiger partial charge in [0.2, 0.25) is 0 Å². The molecular weight excluding hydrogens is 288 g/mol. The van der Waals surface area contributed by atoms with Gasteiger partial charge in [-0.05, 0) is 18.1 Å². The van der Waals surface area contributed by atoms with Crippen molar-refractivity contribution in [3.8, 4) is 0 Å². The topological polar surface area (TPSA) is 59.5 Å². The fraction of sp³-hybridized carbons (Fsp3) is 0.583. The first-order chi connectivity index (χ1) is 9.09. The maximum absolute atomic E-state index is 12.5. The normalized spacial score (nSPS) is 21.5. The van der Waals surface area contributed by atoms with E-state index in [1.807, 2.05) is 6.92 Å². The first kappa shape index (κ1) is 14.7. The van der Waals surface area contributed by atoms with E-state index >= 15 is 0 Å². The van der Waals surface area contributed by atoms with Crippen LogP contribution in [-0.2, 0) is 20.6 Å². The van der Waals surface area contributed by atoms with Gasteiger partial charge in [0, 0.05) is 24.7 Å². The van der Waals surface area contributed by atoms with Crippen molar-refractivity contribution in [2.45, 2.75) is 30.3 Å². The number of hydrogen-bond donors (Lipinski definition) is 0. The Bertz CT molecular complexity index is 518. The summed E-state index contributed by atoms with van der Waals surface area (Å²) >= 11 is 5.67. The van der Waals surface area contributed by atoms with Gasteiger partial charge in [-0.1, -0.05) is 13.0 Å². The molecule has 0 aliphatic carbocycles. The maximum Gasteiger partial charge on any atom is 0.260 e. The first-order valence-corrected chi connectivity index (χ1v) is 8.17. The van der Waals surface area contributed by atoms with Gasteiger partial charge in [-0.15, -0.1) is 11.6 Å². The highest BCUT2D eigenvalue weighted by atomic mass is 35.5. The number of halogens is 1. The molecule has 0 spiro atoms. The average Bonchev–Trinajstić information content (AvgIpc) is 2.47. The predicted octanol–water partition coefficient (Wildman–Crippen LogP) is 1.62. The fourth-order valence-corrected chi connectivity index (χ4v) is 3.78. The number of pyridine rings is 1. The molecular formula is C12H17ClN2O3S. The number of morpholine rings is 1. The lowest BCUT2D eigenvalue weighted by Gasteiger charge is -2.33.